The fourth-order valence-corrected chi connectivity index (χ4v) is 3.07. The summed E-state index contributed by atoms with van der Waals surface area (Å²) in [6.07, 6.45) is 1.55. The molecule has 0 aromatic carbocycles. The van der Waals surface area contributed by atoms with Gasteiger partial charge < -0.3 is 19.0 Å². The number of hydrogen-bond acceptors (Lipinski definition) is 4. The molecule has 6 heteroatoms. The van der Waals surface area contributed by atoms with Gasteiger partial charge in [-0.15, -0.1) is 0 Å². The second-order valence-corrected chi connectivity index (χ2v) is 6.58. The lowest BCUT2D eigenvalue weighted by Crippen LogP contribution is -2.42. The van der Waals surface area contributed by atoms with Crippen LogP contribution in [-0.4, -0.2) is 36.0 Å². The Morgan fingerprint density at radius 3 is 2.07 bits per heavy atom. The first kappa shape index (κ1) is 14.6. The van der Waals surface area contributed by atoms with E-state index in [0.717, 1.165) is 12.8 Å². The largest absolute Gasteiger partial charge is 0.500 e. The van der Waals surface area contributed by atoms with Gasteiger partial charge in [0.25, 0.3) is 0 Å². The minimum absolute atomic E-state index is 0.109. The zero-order valence-corrected chi connectivity index (χ0v) is 10.9. The van der Waals surface area contributed by atoms with Gasteiger partial charge in [0, 0.05) is 33.3 Å². The van der Waals surface area contributed by atoms with Crippen molar-refractivity contribution >= 4 is 14.7 Å². The summed E-state index contributed by atoms with van der Waals surface area (Å²) in [6.45, 7) is 1.82. The van der Waals surface area contributed by atoms with Gasteiger partial charge in [-0.05, 0) is 12.8 Å². The van der Waals surface area contributed by atoms with Gasteiger partial charge in [0.15, 0.2) is 0 Å². The van der Waals surface area contributed by atoms with E-state index < -0.39 is 8.80 Å². The first-order chi connectivity index (χ1) is 7.01. The van der Waals surface area contributed by atoms with Gasteiger partial charge >= 0.3 is 8.80 Å². The monoisotopic (exact) mass is 235 g/mol. The smallest absolute Gasteiger partial charge is 0.377 e. The number of primary amides is 1. The first-order valence-corrected chi connectivity index (χ1v) is 6.89. The molecule has 0 radical (unpaired) electrons. The molecule has 1 amide bonds. The molecule has 0 aliphatic heterocycles. The number of carbonyl (C=O) groups excluding carboxylic acids is 1. The average molecular weight is 235 g/mol. The van der Waals surface area contributed by atoms with Crippen molar-refractivity contribution in [3.05, 3.63) is 0 Å². The molecule has 0 saturated carbocycles. The molecule has 0 heterocycles. The summed E-state index contributed by atoms with van der Waals surface area (Å²) < 4.78 is 15.8. The van der Waals surface area contributed by atoms with Crippen molar-refractivity contribution in [1.82, 2.24) is 0 Å². The fourth-order valence-electron chi connectivity index (χ4n) is 1.32. The maximum absolute atomic E-state index is 10.8. The molecule has 0 fully saturated rings. The van der Waals surface area contributed by atoms with Crippen LogP contribution in [0.25, 0.3) is 0 Å². The molecule has 0 rings (SSSR count). The topological polar surface area (TPSA) is 70.8 Å². The summed E-state index contributed by atoms with van der Waals surface area (Å²) in [6, 6.07) is 0.702. The minimum Gasteiger partial charge on any atom is -0.377 e. The number of hydrogen-bond donors (Lipinski definition) is 1. The summed E-state index contributed by atoms with van der Waals surface area (Å²) in [7, 11) is 2.27. The lowest BCUT2D eigenvalue weighted by Gasteiger charge is -2.24. The summed E-state index contributed by atoms with van der Waals surface area (Å²) in [5.74, 6) is -0.378. The van der Waals surface area contributed by atoms with Crippen molar-refractivity contribution in [1.29, 1.82) is 0 Å². The molecule has 0 spiro atoms. The van der Waals surface area contributed by atoms with E-state index in [1.165, 1.54) is 0 Å². The van der Waals surface area contributed by atoms with Crippen molar-refractivity contribution in [2.24, 2.45) is 11.7 Å². The molecule has 0 aliphatic carbocycles. The van der Waals surface area contributed by atoms with Crippen LogP contribution in [0.1, 0.15) is 19.8 Å². The Balaban J connectivity index is 3.96. The van der Waals surface area contributed by atoms with Crippen LogP contribution in [0.4, 0.5) is 0 Å². The predicted octanol–water partition coefficient (Wildman–Crippen LogP) is 0.766. The van der Waals surface area contributed by atoms with E-state index in [-0.39, 0.29) is 11.8 Å². The summed E-state index contributed by atoms with van der Waals surface area (Å²) >= 11 is 0. The second kappa shape index (κ2) is 6.94. The van der Waals surface area contributed by atoms with E-state index in [1.807, 2.05) is 6.92 Å². The van der Waals surface area contributed by atoms with Gasteiger partial charge in [-0.25, -0.2) is 0 Å². The van der Waals surface area contributed by atoms with Crippen molar-refractivity contribution in [2.75, 3.05) is 21.3 Å². The Kier molecular flexibility index (Phi) is 6.74. The Labute approximate surface area is 92.3 Å². The van der Waals surface area contributed by atoms with Gasteiger partial charge in [-0.3, -0.25) is 4.79 Å². The van der Waals surface area contributed by atoms with Crippen LogP contribution in [-0.2, 0) is 18.1 Å². The third kappa shape index (κ3) is 4.74. The summed E-state index contributed by atoms with van der Waals surface area (Å²) in [5.41, 5.74) is 5.16. The third-order valence-electron chi connectivity index (χ3n) is 2.54. The molecule has 0 saturated heterocycles. The molecular weight excluding hydrogens is 214 g/mol. The van der Waals surface area contributed by atoms with Crippen molar-refractivity contribution < 1.29 is 18.1 Å². The molecule has 90 valence electrons. The Bertz CT molecular complexity index is 188. The number of nitrogens with two attached hydrogens (primary N) is 1. The van der Waals surface area contributed by atoms with Gasteiger partial charge in [-0.1, -0.05) is 6.92 Å². The van der Waals surface area contributed by atoms with Crippen molar-refractivity contribution in [3.8, 4) is 0 Å². The second-order valence-electron chi connectivity index (χ2n) is 3.49. The van der Waals surface area contributed by atoms with Crippen LogP contribution in [0.2, 0.25) is 6.04 Å². The Hall–Kier alpha value is -0.433. The van der Waals surface area contributed by atoms with Crippen LogP contribution in [0.3, 0.4) is 0 Å². The molecule has 2 N–H and O–H groups in total. The van der Waals surface area contributed by atoms with Crippen LogP contribution in [0.15, 0.2) is 0 Å². The van der Waals surface area contributed by atoms with E-state index in [4.69, 9.17) is 19.0 Å². The molecule has 1 unspecified atom stereocenters. The van der Waals surface area contributed by atoms with Gasteiger partial charge in [-0.2, -0.15) is 0 Å². The van der Waals surface area contributed by atoms with E-state index in [1.54, 1.807) is 21.3 Å². The van der Waals surface area contributed by atoms with Crippen LogP contribution < -0.4 is 5.73 Å². The highest BCUT2D eigenvalue weighted by molar-refractivity contribution is 6.60. The zero-order valence-electron chi connectivity index (χ0n) is 9.91. The predicted molar refractivity (Wildman–Crippen MR) is 59.2 cm³/mol. The molecule has 0 aromatic rings. The van der Waals surface area contributed by atoms with Crippen LogP contribution in [0.5, 0.6) is 0 Å². The van der Waals surface area contributed by atoms with Gasteiger partial charge in [0.1, 0.15) is 0 Å². The highest BCUT2D eigenvalue weighted by Crippen LogP contribution is 2.18. The standard InChI is InChI=1S/C9H21NO4Si/c1-8(9(10)11)6-5-7-15(12-2,13-3)14-4/h8H,5-7H2,1-4H3,(H2,10,11). The van der Waals surface area contributed by atoms with Gasteiger partial charge in [0.2, 0.25) is 5.91 Å². The van der Waals surface area contributed by atoms with E-state index >= 15 is 0 Å². The Morgan fingerprint density at radius 2 is 1.73 bits per heavy atom. The maximum Gasteiger partial charge on any atom is 0.500 e. The van der Waals surface area contributed by atoms with E-state index in [9.17, 15) is 4.79 Å². The molecule has 0 aromatic heterocycles. The molecule has 15 heavy (non-hydrogen) atoms. The molecule has 0 aliphatic rings. The van der Waals surface area contributed by atoms with Crippen molar-refractivity contribution in [3.63, 3.8) is 0 Å². The van der Waals surface area contributed by atoms with Crippen molar-refractivity contribution in [2.45, 2.75) is 25.8 Å². The lowest BCUT2D eigenvalue weighted by molar-refractivity contribution is -0.121. The molecule has 1 atom stereocenters. The molecule has 5 nitrogen and oxygen atoms in total. The van der Waals surface area contributed by atoms with Crippen LogP contribution in [0, 0.1) is 5.92 Å². The average Bonchev–Trinajstić information content (AvgIpc) is 2.24. The first-order valence-electron chi connectivity index (χ1n) is 4.96. The summed E-state index contributed by atoms with van der Waals surface area (Å²) in [5, 5.41) is 0. The lowest BCUT2D eigenvalue weighted by atomic mass is 10.1. The SMILES string of the molecule is CO[Si](CCCC(C)C(N)=O)(OC)OC. The zero-order chi connectivity index (χ0) is 11.9. The third-order valence-corrected chi connectivity index (χ3v) is 5.37. The fraction of sp³-hybridized carbons (Fsp3) is 0.889. The number of carbonyl (C=O) groups is 1. The number of amides is 1. The van der Waals surface area contributed by atoms with E-state index in [0.29, 0.717) is 6.04 Å². The molecular formula is C9H21NO4Si. The molecule has 0 bridgehead atoms. The van der Waals surface area contributed by atoms with E-state index in [2.05, 4.69) is 0 Å². The Morgan fingerprint density at radius 1 is 1.27 bits per heavy atom. The minimum atomic E-state index is -2.47. The quantitative estimate of drug-likeness (QED) is 0.631. The normalized spacial score (nSPS) is 13.9. The maximum atomic E-state index is 10.8. The summed E-state index contributed by atoms with van der Waals surface area (Å²) in [4.78, 5) is 10.8. The highest BCUT2D eigenvalue weighted by Gasteiger charge is 2.37. The van der Waals surface area contributed by atoms with Crippen LogP contribution >= 0.6 is 0 Å². The highest BCUT2D eigenvalue weighted by atomic mass is 28.4. The number of rotatable bonds is 8. The van der Waals surface area contributed by atoms with Gasteiger partial charge in [0.05, 0.1) is 0 Å².